The fourth-order valence-electron chi connectivity index (χ4n) is 4.84. The molecule has 6 heteroatoms. The molecule has 194 valence electrons. The molecule has 0 aliphatic rings. The highest BCUT2D eigenvalue weighted by atomic mass is 32.2. The number of hydrogen-bond donors (Lipinski definition) is 2. The van der Waals surface area contributed by atoms with Crippen molar-refractivity contribution in [2.24, 2.45) is 7.05 Å². The highest BCUT2D eigenvalue weighted by Gasteiger charge is 2.20. The van der Waals surface area contributed by atoms with Gasteiger partial charge >= 0.3 is 0 Å². The molecule has 0 atom stereocenters. The number of hydrogen-bond acceptors (Lipinski definition) is 3. The quantitative estimate of drug-likeness (QED) is 0.155. The standard InChI is InChI=1S/C32H33N3O2S/c1-21-19-24(20-22(2)23(21)3)37-18-10-15-27-26-13-8-14-28(29-16-9-17-35(29)4)30(26)33-31(27)32(36)34-38-25-11-6-5-7-12-25/h5-9,11-14,16-17,19-20,33H,10,15,18H2,1-4H3,(H,34,36). The number of aromatic nitrogens is 2. The van der Waals surface area contributed by atoms with Crippen LogP contribution < -0.4 is 9.46 Å². The molecule has 5 aromatic rings. The molecule has 3 aromatic carbocycles. The van der Waals surface area contributed by atoms with E-state index in [1.54, 1.807) is 0 Å². The number of amides is 1. The lowest BCUT2D eigenvalue weighted by molar-refractivity contribution is 0.0979. The fraction of sp³-hybridized carbons (Fsp3) is 0.219. The molecular formula is C32H33N3O2S. The van der Waals surface area contributed by atoms with Crippen molar-refractivity contribution < 1.29 is 9.53 Å². The van der Waals surface area contributed by atoms with Gasteiger partial charge in [0.2, 0.25) is 0 Å². The van der Waals surface area contributed by atoms with Crippen LogP contribution in [0.2, 0.25) is 0 Å². The molecular weight excluding hydrogens is 490 g/mol. The van der Waals surface area contributed by atoms with Crippen molar-refractivity contribution in [3.63, 3.8) is 0 Å². The first-order chi connectivity index (χ1) is 18.4. The van der Waals surface area contributed by atoms with Crippen molar-refractivity contribution in [3.05, 3.63) is 107 Å². The van der Waals surface area contributed by atoms with E-state index < -0.39 is 0 Å². The maximum atomic E-state index is 13.4. The van der Waals surface area contributed by atoms with Crippen LogP contribution in [0.25, 0.3) is 22.2 Å². The number of nitrogens with zero attached hydrogens (tertiary/aromatic N) is 1. The van der Waals surface area contributed by atoms with Crippen molar-refractivity contribution in [1.82, 2.24) is 14.3 Å². The zero-order valence-electron chi connectivity index (χ0n) is 22.3. The number of rotatable bonds is 9. The maximum Gasteiger partial charge on any atom is 0.278 e. The van der Waals surface area contributed by atoms with E-state index in [1.807, 2.05) is 49.6 Å². The Morgan fingerprint density at radius 3 is 2.45 bits per heavy atom. The zero-order chi connectivity index (χ0) is 26.6. The van der Waals surface area contributed by atoms with E-state index in [1.165, 1.54) is 28.6 Å². The first-order valence-corrected chi connectivity index (χ1v) is 13.7. The third-order valence-corrected chi connectivity index (χ3v) is 7.93. The number of para-hydroxylation sites is 1. The molecule has 2 N–H and O–H groups in total. The van der Waals surface area contributed by atoms with Gasteiger partial charge in [-0.25, -0.2) is 0 Å². The first-order valence-electron chi connectivity index (χ1n) is 12.9. The largest absolute Gasteiger partial charge is 0.494 e. The van der Waals surface area contributed by atoms with Gasteiger partial charge in [-0.05, 0) is 104 Å². The summed E-state index contributed by atoms with van der Waals surface area (Å²) in [5.74, 6) is 0.765. The van der Waals surface area contributed by atoms with Crippen LogP contribution in [0, 0.1) is 20.8 Å². The molecule has 2 heterocycles. The number of nitrogens with one attached hydrogen (secondary N) is 2. The van der Waals surface area contributed by atoms with Crippen LogP contribution in [0.1, 0.15) is 39.2 Å². The van der Waals surface area contributed by atoms with Crippen LogP contribution in [0.3, 0.4) is 0 Å². The van der Waals surface area contributed by atoms with Crippen LogP contribution in [0.4, 0.5) is 0 Å². The van der Waals surface area contributed by atoms with Gasteiger partial charge in [-0.2, -0.15) is 0 Å². The number of aryl methyl sites for hydroxylation is 4. The van der Waals surface area contributed by atoms with Gasteiger partial charge in [0.1, 0.15) is 11.4 Å². The second-order valence-corrected chi connectivity index (χ2v) is 10.6. The smallest absolute Gasteiger partial charge is 0.278 e. The number of ether oxygens (including phenoxy) is 1. The molecule has 0 unspecified atom stereocenters. The van der Waals surface area contributed by atoms with Crippen molar-refractivity contribution >= 4 is 28.8 Å². The Bertz CT molecular complexity index is 1560. The zero-order valence-corrected chi connectivity index (χ0v) is 23.1. The van der Waals surface area contributed by atoms with Gasteiger partial charge in [0.05, 0.1) is 12.1 Å². The second kappa shape index (κ2) is 11.2. The van der Waals surface area contributed by atoms with E-state index in [4.69, 9.17) is 4.74 Å². The molecule has 0 radical (unpaired) electrons. The molecule has 5 rings (SSSR count). The summed E-state index contributed by atoms with van der Waals surface area (Å²) in [4.78, 5) is 17.9. The topological polar surface area (TPSA) is 59.0 Å². The molecule has 0 bridgehead atoms. The van der Waals surface area contributed by atoms with Crippen LogP contribution in [0.5, 0.6) is 5.75 Å². The lowest BCUT2D eigenvalue weighted by Crippen LogP contribution is -2.18. The molecule has 5 nitrogen and oxygen atoms in total. The molecule has 0 saturated heterocycles. The highest BCUT2D eigenvalue weighted by molar-refractivity contribution is 7.98. The van der Waals surface area contributed by atoms with Crippen molar-refractivity contribution in [1.29, 1.82) is 0 Å². The summed E-state index contributed by atoms with van der Waals surface area (Å²) in [6.45, 7) is 6.94. The Kier molecular flexibility index (Phi) is 7.61. The van der Waals surface area contributed by atoms with E-state index in [0.717, 1.165) is 51.2 Å². The van der Waals surface area contributed by atoms with Gasteiger partial charge in [0, 0.05) is 34.8 Å². The number of benzene rings is 3. The Balaban J connectivity index is 1.41. The second-order valence-electron chi connectivity index (χ2n) is 9.69. The van der Waals surface area contributed by atoms with E-state index in [0.29, 0.717) is 12.3 Å². The first kappa shape index (κ1) is 25.7. The molecule has 0 aliphatic carbocycles. The fourth-order valence-corrected chi connectivity index (χ4v) is 5.45. The number of fused-ring (bicyclic) bond motifs is 1. The van der Waals surface area contributed by atoms with Gasteiger partial charge in [-0.15, -0.1) is 0 Å². The van der Waals surface area contributed by atoms with E-state index in [-0.39, 0.29) is 5.91 Å². The average molecular weight is 524 g/mol. The van der Waals surface area contributed by atoms with Gasteiger partial charge < -0.3 is 14.3 Å². The van der Waals surface area contributed by atoms with Crippen molar-refractivity contribution in [2.75, 3.05) is 6.61 Å². The van der Waals surface area contributed by atoms with Crippen molar-refractivity contribution in [3.8, 4) is 17.0 Å². The third kappa shape index (κ3) is 5.36. The van der Waals surface area contributed by atoms with Gasteiger partial charge in [-0.1, -0.05) is 36.4 Å². The Morgan fingerprint density at radius 1 is 0.974 bits per heavy atom. The maximum absolute atomic E-state index is 13.4. The van der Waals surface area contributed by atoms with Gasteiger partial charge in [0.25, 0.3) is 5.91 Å². The number of carbonyl (C=O) groups excluding carboxylic acids is 1. The minimum absolute atomic E-state index is 0.131. The Labute approximate surface area is 228 Å². The van der Waals surface area contributed by atoms with Crippen LogP contribution in [-0.2, 0) is 13.5 Å². The minimum atomic E-state index is -0.131. The van der Waals surface area contributed by atoms with Crippen LogP contribution in [0.15, 0.2) is 83.9 Å². The molecule has 0 spiro atoms. The molecule has 2 aromatic heterocycles. The normalized spacial score (nSPS) is 11.2. The molecule has 1 amide bonds. The lowest BCUT2D eigenvalue weighted by Gasteiger charge is -2.11. The molecule has 0 fully saturated rings. The SMILES string of the molecule is Cc1cc(OCCCc2c(C(=O)NSc3ccccc3)[nH]c3c(-c4cccn4C)cccc23)cc(C)c1C. The summed E-state index contributed by atoms with van der Waals surface area (Å²) in [6.07, 6.45) is 3.55. The summed E-state index contributed by atoms with van der Waals surface area (Å²) in [7, 11) is 2.04. The predicted molar refractivity (Wildman–Crippen MR) is 157 cm³/mol. The van der Waals surface area contributed by atoms with E-state index in [9.17, 15) is 4.79 Å². The Morgan fingerprint density at radius 2 is 1.74 bits per heavy atom. The summed E-state index contributed by atoms with van der Waals surface area (Å²) < 4.78 is 11.2. The monoisotopic (exact) mass is 523 g/mol. The number of H-pyrrole nitrogens is 1. The average Bonchev–Trinajstić information content (AvgIpc) is 3.52. The lowest BCUT2D eigenvalue weighted by atomic mass is 10.0. The minimum Gasteiger partial charge on any atom is -0.494 e. The van der Waals surface area contributed by atoms with Crippen LogP contribution >= 0.6 is 11.9 Å². The van der Waals surface area contributed by atoms with Gasteiger partial charge in [0.15, 0.2) is 0 Å². The number of aromatic amines is 1. The van der Waals surface area contributed by atoms with Crippen LogP contribution in [-0.4, -0.2) is 22.1 Å². The third-order valence-electron chi connectivity index (χ3n) is 7.13. The Hall–Kier alpha value is -3.90. The summed E-state index contributed by atoms with van der Waals surface area (Å²) >= 11 is 1.33. The molecule has 38 heavy (non-hydrogen) atoms. The summed E-state index contributed by atoms with van der Waals surface area (Å²) in [6, 6.07) is 24.5. The van der Waals surface area contributed by atoms with E-state index in [2.05, 4.69) is 71.4 Å². The molecule has 0 saturated carbocycles. The predicted octanol–water partition coefficient (Wildman–Crippen LogP) is 7.55. The highest BCUT2D eigenvalue weighted by Crippen LogP contribution is 2.33. The summed E-state index contributed by atoms with van der Waals surface area (Å²) in [5, 5.41) is 1.07. The number of carbonyl (C=O) groups is 1. The van der Waals surface area contributed by atoms with E-state index >= 15 is 0 Å². The van der Waals surface area contributed by atoms with Gasteiger partial charge in [-0.3, -0.25) is 9.52 Å². The van der Waals surface area contributed by atoms with Crippen molar-refractivity contribution in [2.45, 2.75) is 38.5 Å². The summed E-state index contributed by atoms with van der Waals surface area (Å²) in [5.41, 5.74) is 8.54. The molecule has 0 aliphatic heterocycles.